The monoisotopic (exact) mass is 328 g/mol. The van der Waals surface area contributed by atoms with Crippen molar-refractivity contribution in [1.29, 1.82) is 0 Å². The number of methoxy groups -OCH3 is 2. The average molecular weight is 328 g/mol. The molecular weight excluding hydrogens is 304 g/mol. The van der Waals surface area contributed by atoms with E-state index < -0.39 is 32.2 Å². The fraction of sp³-hybridized carbons (Fsp3) is 0.733. The van der Waals surface area contributed by atoms with Gasteiger partial charge in [-0.25, -0.2) is 0 Å². The van der Waals surface area contributed by atoms with E-state index in [2.05, 4.69) is 0 Å². The lowest BCUT2D eigenvalue weighted by molar-refractivity contribution is -0.149. The molecule has 1 heterocycles. The zero-order valence-electron chi connectivity index (χ0n) is 13.9. The van der Waals surface area contributed by atoms with Gasteiger partial charge < -0.3 is 18.6 Å². The van der Waals surface area contributed by atoms with E-state index in [0.717, 1.165) is 0 Å². The van der Waals surface area contributed by atoms with Crippen LogP contribution < -0.4 is 0 Å². The first-order chi connectivity index (χ1) is 10.2. The van der Waals surface area contributed by atoms with Gasteiger partial charge in [0, 0.05) is 13.0 Å². The Hall–Kier alpha value is -1.34. The van der Waals surface area contributed by atoms with Crippen LogP contribution in [0.3, 0.4) is 0 Å². The topological polar surface area (TPSA) is 71.1 Å². The molecule has 0 N–H and O–H groups in total. The fourth-order valence-corrected chi connectivity index (χ4v) is 4.15. The van der Waals surface area contributed by atoms with E-state index in [1.807, 2.05) is 19.6 Å². The number of hydrogen-bond acceptors (Lipinski definition) is 6. The Kier molecular flexibility index (Phi) is 4.67. The Morgan fingerprint density at radius 3 is 2.41 bits per heavy atom. The van der Waals surface area contributed by atoms with Gasteiger partial charge in [0.2, 0.25) is 8.32 Å². The maximum atomic E-state index is 12.3. The van der Waals surface area contributed by atoms with Gasteiger partial charge in [-0.15, -0.1) is 0 Å². The van der Waals surface area contributed by atoms with Gasteiger partial charge in [0.1, 0.15) is 12.0 Å². The van der Waals surface area contributed by atoms with Crippen LogP contribution in [0.1, 0.15) is 6.92 Å². The molecule has 6 nitrogen and oxygen atoms in total. The first-order valence-corrected chi connectivity index (χ1v) is 10.8. The molecule has 0 saturated carbocycles. The van der Waals surface area contributed by atoms with Crippen molar-refractivity contribution in [3.8, 4) is 0 Å². The molecule has 0 aromatic heterocycles. The van der Waals surface area contributed by atoms with Gasteiger partial charge in [0.25, 0.3) is 0 Å². The molecule has 1 unspecified atom stereocenters. The molecule has 0 aromatic rings. The zero-order chi connectivity index (χ0) is 16.7. The molecule has 5 atom stereocenters. The van der Waals surface area contributed by atoms with Crippen molar-refractivity contribution in [3.63, 3.8) is 0 Å². The van der Waals surface area contributed by atoms with Crippen molar-refractivity contribution in [1.82, 2.24) is 0 Å². The smallest absolute Gasteiger partial charge is 0.316 e. The van der Waals surface area contributed by atoms with Gasteiger partial charge in [0.15, 0.2) is 0 Å². The highest BCUT2D eigenvalue weighted by atomic mass is 28.4. The second kappa shape index (κ2) is 6.04. The van der Waals surface area contributed by atoms with E-state index in [1.165, 1.54) is 7.11 Å². The normalized spacial score (nSPS) is 34.5. The fourth-order valence-electron chi connectivity index (χ4n) is 3.25. The number of hydrogen-bond donors (Lipinski definition) is 0. The van der Waals surface area contributed by atoms with Gasteiger partial charge in [-0.05, 0) is 32.6 Å². The van der Waals surface area contributed by atoms with Crippen LogP contribution in [0.4, 0.5) is 0 Å². The second-order valence-corrected chi connectivity index (χ2v) is 11.2. The van der Waals surface area contributed by atoms with Crippen LogP contribution in [0.15, 0.2) is 11.8 Å². The third-order valence-electron chi connectivity index (χ3n) is 4.06. The van der Waals surface area contributed by atoms with Crippen LogP contribution >= 0.6 is 0 Å². The molecule has 2 rings (SSSR count). The molecule has 1 saturated heterocycles. The second-order valence-electron chi connectivity index (χ2n) is 6.73. The molecule has 22 heavy (non-hydrogen) atoms. The van der Waals surface area contributed by atoms with Crippen molar-refractivity contribution >= 4 is 20.3 Å². The summed E-state index contributed by atoms with van der Waals surface area (Å²) in [5.41, 5.74) is 0. The number of esters is 2. The summed E-state index contributed by atoms with van der Waals surface area (Å²) in [6, 6.07) is 0. The number of fused-ring (bicyclic) bond motifs is 1. The van der Waals surface area contributed by atoms with E-state index >= 15 is 0 Å². The molecule has 124 valence electrons. The van der Waals surface area contributed by atoms with E-state index in [4.69, 9.17) is 18.6 Å². The summed E-state index contributed by atoms with van der Waals surface area (Å²) in [6.45, 7) is 7.91. The van der Waals surface area contributed by atoms with Crippen molar-refractivity contribution in [2.75, 3.05) is 14.2 Å². The summed E-state index contributed by atoms with van der Waals surface area (Å²) in [5, 5.41) is 0. The standard InChI is InChI=1S/C15H24O6Si/c1-8-11-12(15(17)20-8)9(18-2)7-10(21-22(4,5)6)13(11)14(16)19-3/h7-9,11-13H,1-6H3/t8-,9+,11-,12-,13?/m0/s1. The number of carbonyl (C=O) groups is 2. The molecule has 0 amide bonds. The minimum absolute atomic E-state index is 0.332. The first-order valence-electron chi connectivity index (χ1n) is 7.41. The Balaban J connectivity index is 2.47. The third kappa shape index (κ3) is 3.05. The highest BCUT2D eigenvalue weighted by molar-refractivity contribution is 6.70. The Morgan fingerprint density at radius 2 is 1.91 bits per heavy atom. The van der Waals surface area contributed by atoms with Gasteiger partial charge >= 0.3 is 11.9 Å². The number of cyclic esters (lactones) is 1. The quantitative estimate of drug-likeness (QED) is 0.578. The first kappa shape index (κ1) is 17.0. The SMILES string of the molecule is COC(=O)C1C(O[Si](C)(C)C)=C[C@@H](OC)[C@@H]2C(=O)O[C@@H](C)[C@H]12. The molecule has 1 aliphatic carbocycles. The van der Waals surface area contributed by atoms with Crippen LogP contribution in [0.25, 0.3) is 0 Å². The highest BCUT2D eigenvalue weighted by Crippen LogP contribution is 2.45. The average Bonchev–Trinajstić information content (AvgIpc) is 2.71. The summed E-state index contributed by atoms with van der Waals surface area (Å²) in [5.74, 6) is -1.65. The van der Waals surface area contributed by atoms with Gasteiger partial charge in [-0.1, -0.05) is 0 Å². The summed E-state index contributed by atoms with van der Waals surface area (Å²) in [4.78, 5) is 24.4. The zero-order valence-corrected chi connectivity index (χ0v) is 14.9. The van der Waals surface area contributed by atoms with Gasteiger partial charge in [-0.2, -0.15) is 0 Å². The van der Waals surface area contributed by atoms with Gasteiger partial charge in [-0.3, -0.25) is 9.59 Å². The Morgan fingerprint density at radius 1 is 1.27 bits per heavy atom. The lowest BCUT2D eigenvalue weighted by Gasteiger charge is -2.37. The number of ether oxygens (including phenoxy) is 3. The molecule has 0 radical (unpaired) electrons. The molecule has 2 aliphatic rings. The number of carbonyl (C=O) groups excluding carboxylic acids is 2. The minimum Gasteiger partial charge on any atom is -0.547 e. The molecular formula is C15H24O6Si. The van der Waals surface area contributed by atoms with E-state index in [9.17, 15) is 9.59 Å². The maximum Gasteiger partial charge on any atom is 0.316 e. The molecule has 0 bridgehead atoms. The van der Waals surface area contributed by atoms with Crippen LogP contribution in [0, 0.1) is 17.8 Å². The molecule has 7 heteroatoms. The molecule has 0 spiro atoms. The van der Waals surface area contributed by atoms with Crippen LogP contribution in [0.5, 0.6) is 0 Å². The van der Waals surface area contributed by atoms with Crippen LogP contribution in [-0.4, -0.2) is 46.7 Å². The van der Waals surface area contributed by atoms with E-state index in [1.54, 1.807) is 20.1 Å². The number of rotatable bonds is 4. The van der Waals surface area contributed by atoms with E-state index in [-0.39, 0.29) is 18.0 Å². The van der Waals surface area contributed by atoms with Crippen molar-refractivity contribution in [2.24, 2.45) is 17.8 Å². The predicted molar refractivity (Wildman–Crippen MR) is 81.4 cm³/mol. The van der Waals surface area contributed by atoms with Crippen molar-refractivity contribution in [3.05, 3.63) is 11.8 Å². The summed E-state index contributed by atoms with van der Waals surface area (Å²) < 4.78 is 21.8. The Labute approximate surface area is 131 Å². The Bertz CT molecular complexity index is 495. The summed E-state index contributed by atoms with van der Waals surface area (Å²) >= 11 is 0. The van der Waals surface area contributed by atoms with Crippen molar-refractivity contribution < 1.29 is 28.2 Å². The largest absolute Gasteiger partial charge is 0.547 e. The predicted octanol–water partition coefficient (Wildman–Crippen LogP) is 1.72. The highest BCUT2D eigenvalue weighted by Gasteiger charge is 2.56. The van der Waals surface area contributed by atoms with Gasteiger partial charge in [0.05, 0.1) is 24.9 Å². The molecule has 1 aliphatic heterocycles. The van der Waals surface area contributed by atoms with Crippen molar-refractivity contribution in [2.45, 2.75) is 38.8 Å². The molecule has 1 fully saturated rings. The maximum absolute atomic E-state index is 12.3. The van der Waals surface area contributed by atoms with E-state index in [0.29, 0.717) is 5.76 Å². The summed E-state index contributed by atoms with van der Waals surface area (Å²) in [7, 11) is 0.954. The molecule has 0 aromatic carbocycles. The lowest BCUT2D eigenvalue weighted by atomic mass is 9.72. The third-order valence-corrected chi connectivity index (χ3v) is 4.90. The van der Waals surface area contributed by atoms with Crippen LogP contribution in [0.2, 0.25) is 19.6 Å². The minimum atomic E-state index is -1.93. The lowest BCUT2D eigenvalue weighted by Crippen LogP contribution is -2.46. The summed E-state index contributed by atoms with van der Waals surface area (Å²) in [6.07, 6.45) is 0.906. The van der Waals surface area contributed by atoms with Crippen LogP contribution in [-0.2, 0) is 28.2 Å².